The number of aromatic nitrogens is 3. The van der Waals surface area contributed by atoms with E-state index in [1.54, 1.807) is 36.5 Å². The molecule has 0 saturated carbocycles. The van der Waals surface area contributed by atoms with Gasteiger partial charge in [0.05, 0.1) is 6.54 Å². The summed E-state index contributed by atoms with van der Waals surface area (Å²) in [6.07, 6.45) is 3.25. The number of carbonyl (C=O) groups is 2. The van der Waals surface area contributed by atoms with Crippen molar-refractivity contribution in [2.45, 2.75) is 19.4 Å². The summed E-state index contributed by atoms with van der Waals surface area (Å²) in [6.45, 7) is 0.0908. The van der Waals surface area contributed by atoms with Crippen molar-refractivity contribution in [3.63, 3.8) is 0 Å². The minimum atomic E-state index is -0.273. The minimum Gasteiger partial charge on any atom is -0.347 e. The molecule has 0 radical (unpaired) electrons. The molecule has 0 aliphatic heterocycles. The summed E-state index contributed by atoms with van der Waals surface area (Å²) in [4.78, 5) is 31.9. The number of benzene rings is 1. The number of hydrogen-bond donors (Lipinski definition) is 1. The highest BCUT2D eigenvalue weighted by molar-refractivity contribution is 6.30. The van der Waals surface area contributed by atoms with Gasteiger partial charge in [-0.25, -0.2) is 0 Å². The first-order valence-corrected chi connectivity index (χ1v) is 8.28. The summed E-state index contributed by atoms with van der Waals surface area (Å²) in [5, 5.41) is 7.08. The van der Waals surface area contributed by atoms with Crippen molar-refractivity contribution in [2.24, 2.45) is 0 Å². The van der Waals surface area contributed by atoms with Crippen LogP contribution in [0.5, 0.6) is 0 Å². The molecular formula is C18H15ClN4O3. The molecular weight excluding hydrogens is 356 g/mol. The van der Waals surface area contributed by atoms with Crippen molar-refractivity contribution < 1.29 is 14.1 Å². The molecule has 0 bridgehead atoms. The Morgan fingerprint density at radius 3 is 2.81 bits per heavy atom. The first-order chi connectivity index (χ1) is 12.6. The van der Waals surface area contributed by atoms with E-state index in [1.807, 2.05) is 6.07 Å². The van der Waals surface area contributed by atoms with Crippen LogP contribution < -0.4 is 5.32 Å². The molecule has 0 aliphatic carbocycles. The third kappa shape index (κ3) is 4.73. The van der Waals surface area contributed by atoms with Crippen molar-refractivity contribution in [3.05, 3.63) is 65.3 Å². The Hall–Kier alpha value is -3.06. The van der Waals surface area contributed by atoms with Gasteiger partial charge in [0, 0.05) is 41.4 Å². The van der Waals surface area contributed by atoms with Gasteiger partial charge in [0.25, 0.3) is 0 Å². The summed E-state index contributed by atoms with van der Waals surface area (Å²) in [7, 11) is 0. The number of amides is 1. The molecule has 7 nitrogen and oxygen atoms in total. The van der Waals surface area contributed by atoms with Gasteiger partial charge in [-0.15, -0.1) is 0 Å². The van der Waals surface area contributed by atoms with Gasteiger partial charge in [-0.1, -0.05) is 28.9 Å². The fourth-order valence-corrected chi connectivity index (χ4v) is 2.42. The van der Waals surface area contributed by atoms with E-state index >= 15 is 0 Å². The average molecular weight is 371 g/mol. The molecule has 1 aromatic carbocycles. The van der Waals surface area contributed by atoms with Gasteiger partial charge in [-0.3, -0.25) is 14.6 Å². The lowest BCUT2D eigenvalue weighted by molar-refractivity contribution is -0.121. The molecule has 2 aromatic heterocycles. The van der Waals surface area contributed by atoms with E-state index in [0.717, 1.165) is 5.56 Å². The largest absolute Gasteiger partial charge is 0.347 e. The zero-order chi connectivity index (χ0) is 18.4. The van der Waals surface area contributed by atoms with Gasteiger partial charge in [0.2, 0.25) is 17.6 Å². The maximum Gasteiger partial charge on any atom is 0.246 e. The molecule has 3 rings (SSSR count). The molecule has 0 saturated heterocycles. The molecule has 132 valence electrons. The number of nitrogens with one attached hydrogen (secondary N) is 1. The van der Waals surface area contributed by atoms with Gasteiger partial charge in [-0.2, -0.15) is 4.98 Å². The number of carbonyl (C=O) groups excluding carboxylic acids is 2. The zero-order valence-electron chi connectivity index (χ0n) is 13.7. The van der Waals surface area contributed by atoms with Crippen LogP contribution in [0.2, 0.25) is 5.02 Å². The van der Waals surface area contributed by atoms with E-state index in [0.29, 0.717) is 16.4 Å². The van der Waals surface area contributed by atoms with Crippen molar-refractivity contribution in [1.82, 2.24) is 20.4 Å². The van der Waals surface area contributed by atoms with E-state index in [1.165, 1.54) is 6.20 Å². The van der Waals surface area contributed by atoms with E-state index < -0.39 is 0 Å². The number of pyridine rings is 1. The second-order valence-electron chi connectivity index (χ2n) is 5.46. The first kappa shape index (κ1) is 17.8. The van der Waals surface area contributed by atoms with Crippen LogP contribution in [0.15, 0.2) is 53.3 Å². The molecule has 0 aliphatic rings. The number of rotatable bonds is 7. The summed E-state index contributed by atoms with van der Waals surface area (Å²) in [6, 6.07) is 10.4. The fourth-order valence-electron chi connectivity index (χ4n) is 2.23. The highest BCUT2D eigenvalue weighted by Crippen LogP contribution is 2.19. The number of halogens is 1. The summed E-state index contributed by atoms with van der Waals surface area (Å²) in [5.41, 5.74) is 1.21. The van der Waals surface area contributed by atoms with Crippen molar-refractivity contribution in [2.75, 3.05) is 0 Å². The highest BCUT2D eigenvalue weighted by Gasteiger charge is 2.12. The van der Waals surface area contributed by atoms with E-state index in [2.05, 4.69) is 20.4 Å². The van der Waals surface area contributed by atoms with Gasteiger partial charge in [0.15, 0.2) is 5.78 Å². The Labute approximate surface area is 154 Å². The third-order valence-corrected chi connectivity index (χ3v) is 3.79. The topological polar surface area (TPSA) is 98.0 Å². The average Bonchev–Trinajstić information content (AvgIpc) is 3.14. The lowest BCUT2D eigenvalue weighted by Gasteiger charge is -2.02. The maximum absolute atomic E-state index is 11.9. The number of hydrogen-bond acceptors (Lipinski definition) is 6. The van der Waals surface area contributed by atoms with Crippen LogP contribution >= 0.6 is 11.6 Å². The Balaban J connectivity index is 1.48. The van der Waals surface area contributed by atoms with Crippen molar-refractivity contribution in [1.29, 1.82) is 0 Å². The van der Waals surface area contributed by atoms with Crippen LogP contribution in [0, 0.1) is 0 Å². The molecule has 0 spiro atoms. The molecule has 1 N–H and O–H groups in total. The molecule has 0 unspecified atom stereocenters. The SMILES string of the molecule is O=C(CCC(=O)c1cccnc1)NCc1nc(-c2cccc(Cl)c2)no1. The van der Waals surface area contributed by atoms with Gasteiger partial charge >= 0.3 is 0 Å². The zero-order valence-corrected chi connectivity index (χ0v) is 14.4. The quantitative estimate of drug-likeness (QED) is 0.642. The fraction of sp³-hybridized carbons (Fsp3) is 0.167. The first-order valence-electron chi connectivity index (χ1n) is 7.90. The monoisotopic (exact) mass is 370 g/mol. The van der Waals surface area contributed by atoms with Crippen molar-refractivity contribution in [3.8, 4) is 11.4 Å². The van der Waals surface area contributed by atoms with E-state index in [4.69, 9.17) is 16.1 Å². The van der Waals surface area contributed by atoms with E-state index in [9.17, 15) is 9.59 Å². The van der Waals surface area contributed by atoms with Gasteiger partial charge in [0.1, 0.15) is 0 Å². The smallest absolute Gasteiger partial charge is 0.246 e. The molecule has 0 atom stereocenters. The molecule has 26 heavy (non-hydrogen) atoms. The van der Waals surface area contributed by atoms with Crippen LogP contribution in [0.1, 0.15) is 29.1 Å². The van der Waals surface area contributed by atoms with Crippen LogP contribution in [0.4, 0.5) is 0 Å². The normalized spacial score (nSPS) is 10.5. The Morgan fingerprint density at radius 1 is 1.15 bits per heavy atom. The molecule has 0 fully saturated rings. The number of Topliss-reactive ketones (excluding diaryl/α,β-unsaturated/α-hetero) is 1. The standard InChI is InChI=1S/C18H15ClN4O3/c19-14-5-1-3-12(9-14)18-22-17(26-23-18)11-21-16(25)7-6-15(24)13-4-2-8-20-10-13/h1-5,8-10H,6-7,11H2,(H,21,25). The Bertz CT molecular complexity index is 912. The lowest BCUT2D eigenvalue weighted by Crippen LogP contribution is -2.23. The Morgan fingerprint density at radius 2 is 2.04 bits per heavy atom. The van der Waals surface area contributed by atoms with Gasteiger partial charge < -0.3 is 9.84 Å². The van der Waals surface area contributed by atoms with Crippen LogP contribution in [0.25, 0.3) is 11.4 Å². The molecule has 3 aromatic rings. The lowest BCUT2D eigenvalue weighted by atomic mass is 10.1. The molecule has 1 amide bonds. The van der Waals surface area contributed by atoms with Crippen molar-refractivity contribution >= 4 is 23.3 Å². The second kappa shape index (κ2) is 8.35. The Kier molecular flexibility index (Phi) is 5.70. The minimum absolute atomic E-state index is 0.0724. The highest BCUT2D eigenvalue weighted by atomic mass is 35.5. The molecule has 8 heteroatoms. The predicted octanol–water partition coefficient (Wildman–Crippen LogP) is 3.06. The van der Waals surface area contributed by atoms with Gasteiger partial charge in [-0.05, 0) is 24.3 Å². The van der Waals surface area contributed by atoms with Crippen LogP contribution in [-0.4, -0.2) is 26.8 Å². The predicted molar refractivity (Wildman–Crippen MR) is 94.4 cm³/mol. The number of ketones is 1. The second-order valence-corrected chi connectivity index (χ2v) is 5.90. The number of nitrogens with zero attached hydrogens (tertiary/aromatic N) is 3. The van der Waals surface area contributed by atoms with Crippen LogP contribution in [0.3, 0.4) is 0 Å². The van der Waals surface area contributed by atoms with E-state index in [-0.39, 0.29) is 37.0 Å². The molecule has 2 heterocycles. The maximum atomic E-state index is 11.9. The van der Waals surface area contributed by atoms with Crippen LogP contribution in [-0.2, 0) is 11.3 Å². The summed E-state index contributed by atoms with van der Waals surface area (Å²) >= 11 is 5.93. The third-order valence-electron chi connectivity index (χ3n) is 3.55. The summed E-state index contributed by atoms with van der Waals surface area (Å²) in [5.74, 6) is 0.259. The summed E-state index contributed by atoms with van der Waals surface area (Å²) < 4.78 is 5.11.